The molecule has 58 valence electrons. The molecule has 1 atom stereocenters. The van der Waals surface area contributed by atoms with Gasteiger partial charge in [0.25, 0.3) is 0 Å². The molecule has 0 heterocycles. The molecule has 1 aliphatic rings. The van der Waals surface area contributed by atoms with E-state index in [2.05, 4.69) is 0 Å². The van der Waals surface area contributed by atoms with E-state index in [1.807, 2.05) is 0 Å². The topological polar surface area (TPSA) is 20.2 Å². The van der Waals surface area contributed by atoms with Crippen molar-refractivity contribution in [2.45, 2.75) is 24.9 Å². The van der Waals surface area contributed by atoms with E-state index in [0.717, 1.165) is 24.3 Å². The molecule has 0 saturated heterocycles. The molecular weight excluding hydrogens is 171 g/mol. The molecule has 0 bridgehead atoms. The molecule has 1 N–H and O–H groups in total. The fraction of sp³-hybridized carbons (Fsp3) is 0.714. The lowest BCUT2D eigenvalue weighted by atomic mass is 9.93. The zero-order chi connectivity index (χ0) is 7.61. The van der Waals surface area contributed by atoms with Crippen LogP contribution in [0.3, 0.4) is 0 Å². The minimum absolute atomic E-state index is 0.239. The number of aliphatic hydroxyl groups is 1. The fourth-order valence-electron chi connectivity index (χ4n) is 1.10. The molecule has 1 aliphatic carbocycles. The largest absolute Gasteiger partial charge is 0.384 e. The highest BCUT2D eigenvalue weighted by Crippen LogP contribution is 2.29. The second kappa shape index (κ2) is 3.12. The first-order chi connectivity index (χ1) is 4.66. The predicted molar refractivity (Wildman–Crippen MR) is 43.5 cm³/mol. The third-order valence-corrected chi connectivity index (χ3v) is 2.44. The van der Waals surface area contributed by atoms with Crippen LogP contribution in [-0.2, 0) is 0 Å². The first-order valence-corrected chi connectivity index (χ1v) is 4.23. The van der Waals surface area contributed by atoms with Gasteiger partial charge in [-0.1, -0.05) is 11.6 Å². The summed E-state index contributed by atoms with van der Waals surface area (Å²) in [5.74, 6) is 0.239. The highest BCUT2D eigenvalue weighted by atomic mass is 35.5. The van der Waals surface area contributed by atoms with Crippen LogP contribution in [0.1, 0.15) is 19.3 Å². The average Bonchev–Trinajstić information content (AvgIpc) is 1.88. The number of allylic oxidation sites excluding steroid dienone is 1. The Morgan fingerprint density at radius 1 is 1.70 bits per heavy atom. The Morgan fingerprint density at radius 2 is 2.40 bits per heavy atom. The maximum atomic E-state index is 9.56. The van der Waals surface area contributed by atoms with E-state index in [0.29, 0.717) is 0 Å². The van der Waals surface area contributed by atoms with Crippen molar-refractivity contribution in [3.05, 3.63) is 11.1 Å². The molecule has 0 aliphatic heterocycles. The van der Waals surface area contributed by atoms with Crippen molar-refractivity contribution < 1.29 is 5.11 Å². The Morgan fingerprint density at radius 3 is 2.80 bits per heavy atom. The van der Waals surface area contributed by atoms with Crippen molar-refractivity contribution in [1.82, 2.24) is 0 Å². The van der Waals surface area contributed by atoms with Gasteiger partial charge in [0.15, 0.2) is 0 Å². The van der Waals surface area contributed by atoms with E-state index in [-0.39, 0.29) is 5.88 Å². The van der Waals surface area contributed by atoms with Crippen LogP contribution in [-0.4, -0.2) is 16.6 Å². The third kappa shape index (κ3) is 1.88. The molecule has 0 saturated carbocycles. The summed E-state index contributed by atoms with van der Waals surface area (Å²) in [6, 6.07) is 0. The second-order valence-corrected chi connectivity index (χ2v) is 3.43. The third-order valence-electron chi connectivity index (χ3n) is 1.68. The minimum atomic E-state index is -0.836. The predicted octanol–water partition coefficient (Wildman–Crippen LogP) is 2.26. The molecule has 3 heteroatoms. The lowest BCUT2D eigenvalue weighted by molar-refractivity contribution is 0.0976. The van der Waals surface area contributed by atoms with Crippen LogP contribution in [0.25, 0.3) is 0 Å². The van der Waals surface area contributed by atoms with Gasteiger partial charge in [0.2, 0.25) is 0 Å². The van der Waals surface area contributed by atoms with Gasteiger partial charge >= 0.3 is 0 Å². The molecule has 0 unspecified atom stereocenters. The van der Waals surface area contributed by atoms with Crippen molar-refractivity contribution in [1.29, 1.82) is 0 Å². The van der Waals surface area contributed by atoms with Gasteiger partial charge < -0.3 is 5.11 Å². The van der Waals surface area contributed by atoms with Crippen molar-refractivity contribution >= 4 is 23.2 Å². The molecule has 0 amide bonds. The Kier molecular flexibility index (Phi) is 2.61. The molecule has 0 spiro atoms. The first-order valence-electron chi connectivity index (χ1n) is 3.32. The molecule has 1 rings (SSSR count). The van der Waals surface area contributed by atoms with Crippen LogP contribution in [0, 0.1) is 0 Å². The SMILES string of the molecule is O[C@]1(CCl)C=C(Cl)CCC1. The molecule has 1 nitrogen and oxygen atoms in total. The summed E-state index contributed by atoms with van der Waals surface area (Å²) >= 11 is 11.3. The van der Waals surface area contributed by atoms with Crippen LogP contribution in [0.5, 0.6) is 0 Å². The standard InChI is InChI=1S/C7H10Cl2O/c8-5-7(10)3-1-2-6(9)4-7/h4,10H,1-3,5H2/t7-/m0/s1. The summed E-state index contributed by atoms with van der Waals surface area (Å²) in [6.07, 6.45) is 4.19. The fourth-order valence-corrected chi connectivity index (χ4v) is 1.65. The van der Waals surface area contributed by atoms with Crippen molar-refractivity contribution in [3.8, 4) is 0 Å². The molecular formula is C7H10Cl2O. The molecule has 0 aromatic heterocycles. The highest BCUT2D eigenvalue weighted by molar-refractivity contribution is 6.29. The van der Waals surface area contributed by atoms with Gasteiger partial charge in [-0.05, 0) is 25.3 Å². The maximum absolute atomic E-state index is 9.56. The molecule has 10 heavy (non-hydrogen) atoms. The normalized spacial score (nSPS) is 33.7. The Bertz CT molecular complexity index is 156. The summed E-state index contributed by atoms with van der Waals surface area (Å²) < 4.78 is 0. The van der Waals surface area contributed by atoms with Gasteiger partial charge in [-0.25, -0.2) is 0 Å². The summed E-state index contributed by atoms with van der Waals surface area (Å²) in [5.41, 5.74) is -0.836. The molecule has 0 aromatic rings. The smallest absolute Gasteiger partial charge is 0.0976 e. The number of halogens is 2. The van der Waals surface area contributed by atoms with Gasteiger partial charge in [0.1, 0.15) is 0 Å². The average molecular weight is 181 g/mol. The van der Waals surface area contributed by atoms with E-state index in [4.69, 9.17) is 23.2 Å². The first kappa shape index (κ1) is 8.38. The molecule has 0 aromatic carbocycles. The Labute approximate surface area is 70.6 Å². The second-order valence-electron chi connectivity index (χ2n) is 2.68. The van der Waals surface area contributed by atoms with Gasteiger partial charge in [-0.15, -0.1) is 11.6 Å². The van der Waals surface area contributed by atoms with E-state index < -0.39 is 5.60 Å². The number of rotatable bonds is 1. The maximum Gasteiger partial charge on any atom is 0.0976 e. The van der Waals surface area contributed by atoms with E-state index in [1.165, 1.54) is 0 Å². The van der Waals surface area contributed by atoms with Crippen LogP contribution in [0.4, 0.5) is 0 Å². The van der Waals surface area contributed by atoms with Gasteiger partial charge in [-0.2, -0.15) is 0 Å². The van der Waals surface area contributed by atoms with Crippen molar-refractivity contribution in [3.63, 3.8) is 0 Å². The minimum Gasteiger partial charge on any atom is -0.384 e. The van der Waals surface area contributed by atoms with E-state index in [9.17, 15) is 5.11 Å². The van der Waals surface area contributed by atoms with E-state index in [1.54, 1.807) is 6.08 Å². The number of hydrogen-bond acceptors (Lipinski definition) is 1. The summed E-state index contributed by atoms with van der Waals surface area (Å²) in [4.78, 5) is 0. The zero-order valence-corrected chi connectivity index (χ0v) is 7.12. The van der Waals surface area contributed by atoms with Crippen LogP contribution < -0.4 is 0 Å². The van der Waals surface area contributed by atoms with Crippen LogP contribution >= 0.6 is 23.2 Å². The van der Waals surface area contributed by atoms with Gasteiger partial charge in [-0.3, -0.25) is 0 Å². The summed E-state index contributed by atoms with van der Waals surface area (Å²) in [6.45, 7) is 0. The van der Waals surface area contributed by atoms with E-state index >= 15 is 0 Å². The molecule has 0 fully saturated rings. The quantitative estimate of drug-likeness (QED) is 0.615. The Balaban J connectivity index is 2.69. The number of hydrogen-bond donors (Lipinski definition) is 1. The van der Waals surface area contributed by atoms with Crippen molar-refractivity contribution in [2.75, 3.05) is 5.88 Å². The van der Waals surface area contributed by atoms with Gasteiger partial charge in [0.05, 0.1) is 11.5 Å². The van der Waals surface area contributed by atoms with Crippen LogP contribution in [0.2, 0.25) is 0 Å². The van der Waals surface area contributed by atoms with Crippen molar-refractivity contribution in [2.24, 2.45) is 0 Å². The van der Waals surface area contributed by atoms with Crippen LogP contribution in [0.15, 0.2) is 11.1 Å². The lowest BCUT2D eigenvalue weighted by Crippen LogP contribution is -2.30. The zero-order valence-electron chi connectivity index (χ0n) is 5.61. The van der Waals surface area contributed by atoms with Gasteiger partial charge in [0, 0.05) is 5.03 Å². The Hall–Kier alpha value is 0.280. The highest BCUT2D eigenvalue weighted by Gasteiger charge is 2.26. The number of alkyl halides is 1. The lowest BCUT2D eigenvalue weighted by Gasteiger charge is -2.25. The summed E-state index contributed by atoms with van der Waals surface area (Å²) in [5, 5.41) is 10.3. The molecule has 0 radical (unpaired) electrons. The monoisotopic (exact) mass is 180 g/mol. The summed E-state index contributed by atoms with van der Waals surface area (Å²) in [7, 11) is 0.